The Kier molecular flexibility index (Phi) is 7.69. The van der Waals surface area contributed by atoms with E-state index in [0.29, 0.717) is 17.7 Å². The lowest BCUT2D eigenvalue weighted by molar-refractivity contribution is -0.153. The number of carbonyl (C=O) groups is 1. The maximum atomic E-state index is 12.3. The van der Waals surface area contributed by atoms with Crippen LogP contribution in [0.1, 0.15) is 23.1 Å². The average molecular weight is 362 g/mol. The van der Waals surface area contributed by atoms with Crippen molar-refractivity contribution in [1.29, 1.82) is 0 Å². The van der Waals surface area contributed by atoms with E-state index in [1.54, 1.807) is 33.0 Å². The highest BCUT2D eigenvalue weighted by Crippen LogP contribution is 2.27. The molecule has 0 aliphatic heterocycles. The number of ether oxygens (including phenoxy) is 1. The van der Waals surface area contributed by atoms with Crippen molar-refractivity contribution < 1.29 is 27.8 Å². The highest BCUT2D eigenvalue weighted by molar-refractivity contribution is 5.76. The molecule has 0 aliphatic carbocycles. The quantitative estimate of drug-likeness (QED) is 0.743. The number of amides is 1. The number of nitrogens with two attached hydrogens (primary N) is 1. The number of nitrogens with zero attached hydrogens (tertiary/aromatic N) is 1. The number of benzene rings is 1. The third-order valence-corrected chi connectivity index (χ3v) is 3.80. The summed E-state index contributed by atoms with van der Waals surface area (Å²) < 4.78 is 41.8. The summed E-state index contributed by atoms with van der Waals surface area (Å²) in [5.41, 5.74) is 7.42. The molecule has 3 N–H and O–H groups in total. The van der Waals surface area contributed by atoms with Gasteiger partial charge in [-0.15, -0.1) is 0 Å². The minimum Gasteiger partial charge on any atom is -0.484 e. The zero-order chi connectivity index (χ0) is 19.2. The summed E-state index contributed by atoms with van der Waals surface area (Å²) in [6.07, 6.45) is -4.25. The van der Waals surface area contributed by atoms with Crippen molar-refractivity contribution >= 4 is 5.91 Å². The van der Waals surface area contributed by atoms with Crippen LogP contribution >= 0.6 is 0 Å². The van der Waals surface area contributed by atoms with E-state index in [1.807, 2.05) is 0 Å². The van der Waals surface area contributed by atoms with E-state index < -0.39 is 12.8 Å². The molecule has 1 aromatic carbocycles. The first-order valence-electron chi connectivity index (χ1n) is 7.92. The summed E-state index contributed by atoms with van der Waals surface area (Å²) >= 11 is 0. The van der Waals surface area contributed by atoms with Crippen molar-refractivity contribution in [3.05, 3.63) is 28.8 Å². The van der Waals surface area contributed by atoms with Crippen LogP contribution in [-0.4, -0.2) is 48.9 Å². The molecule has 142 valence electrons. The van der Waals surface area contributed by atoms with Gasteiger partial charge in [-0.2, -0.15) is 13.2 Å². The zero-order valence-corrected chi connectivity index (χ0v) is 14.7. The Hall–Kier alpha value is -1.80. The van der Waals surface area contributed by atoms with Gasteiger partial charge in [-0.1, -0.05) is 12.1 Å². The molecule has 5 nitrogen and oxygen atoms in total. The third kappa shape index (κ3) is 6.91. The first-order valence-corrected chi connectivity index (χ1v) is 7.92. The summed E-state index contributed by atoms with van der Waals surface area (Å²) in [4.78, 5) is 13.6. The zero-order valence-electron chi connectivity index (χ0n) is 14.7. The topological polar surface area (TPSA) is 75.8 Å². The van der Waals surface area contributed by atoms with Crippen LogP contribution < -0.4 is 10.5 Å². The van der Waals surface area contributed by atoms with Gasteiger partial charge >= 0.3 is 6.18 Å². The molecule has 0 heterocycles. The molecule has 0 saturated heterocycles. The summed E-state index contributed by atoms with van der Waals surface area (Å²) in [5, 5.41) is 9.11. The Morgan fingerprint density at radius 1 is 1.32 bits per heavy atom. The molecule has 0 saturated carbocycles. The summed E-state index contributed by atoms with van der Waals surface area (Å²) in [5.74, 6) is -0.229. The smallest absolute Gasteiger partial charge is 0.422 e. The lowest BCUT2D eigenvalue weighted by Gasteiger charge is -2.21. The SMILES string of the molecule is Cc1cc(CN(C)C(=O)C[C@@H](CN)CO)cc(C)c1OCC(F)(F)F. The number of hydrogen-bond donors (Lipinski definition) is 2. The first-order chi connectivity index (χ1) is 11.6. The van der Waals surface area contributed by atoms with E-state index in [9.17, 15) is 18.0 Å². The van der Waals surface area contributed by atoms with Gasteiger partial charge in [-0.05, 0) is 37.1 Å². The second-order valence-corrected chi connectivity index (χ2v) is 6.20. The number of alkyl halides is 3. The molecule has 0 spiro atoms. The standard InChI is InChI=1S/C17H25F3N2O3/c1-11-4-13(5-12(2)16(11)25-10-17(18,19)20)8-22(3)15(24)6-14(7-21)9-23/h4-5,14,23H,6-10,21H2,1-3H3/t14-/m0/s1. The van der Waals surface area contributed by atoms with E-state index >= 15 is 0 Å². The number of halogens is 3. The van der Waals surface area contributed by atoms with Gasteiger partial charge < -0.3 is 20.5 Å². The Labute approximate surface area is 145 Å². The highest BCUT2D eigenvalue weighted by atomic mass is 19.4. The van der Waals surface area contributed by atoms with Gasteiger partial charge in [0.2, 0.25) is 5.91 Å². The van der Waals surface area contributed by atoms with Crippen molar-refractivity contribution in [2.45, 2.75) is 33.0 Å². The molecule has 0 bridgehead atoms. The van der Waals surface area contributed by atoms with Gasteiger partial charge in [-0.3, -0.25) is 4.79 Å². The Morgan fingerprint density at radius 3 is 2.32 bits per heavy atom. The van der Waals surface area contributed by atoms with Crippen LogP contribution in [0.15, 0.2) is 12.1 Å². The molecule has 25 heavy (non-hydrogen) atoms. The number of carbonyl (C=O) groups excluding carboxylic acids is 1. The van der Waals surface area contributed by atoms with Gasteiger partial charge in [-0.25, -0.2) is 0 Å². The molecule has 1 rings (SSSR count). The van der Waals surface area contributed by atoms with Crippen molar-refractivity contribution in [3.63, 3.8) is 0 Å². The van der Waals surface area contributed by atoms with E-state index in [-0.39, 0.29) is 37.1 Å². The summed E-state index contributed by atoms with van der Waals surface area (Å²) in [6, 6.07) is 3.41. The van der Waals surface area contributed by atoms with Gasteiger partial charge in [0.05, 0.1) is 0 Å². The van der Waals surface area contributed by atoms with Crippen molar-refractivity contribution in [3.8, 4) is 5.75 Å². The monoisotopic (exact) mass is 362 g/mol. The number of aliphatic hydroxyl groups is 1. The van der Waals surface area contributed by atoms with Crippen LogP contribution in [0.25, 0.3) is 0 Å². The maximum absolute atomic E-state index is 12.3. The Balaban J connectivity index is 2.78. The fraction of sp³-hybridized carbons (Fsp3) is 0.588. The summed E-state index contributed by atoms with van der Waals surface area (Å²) in [7, 11) is 1.63. The molecule has 0 fully saturated rings. The second kappa shape index (κ2) is 9.05. The molecule has 0 aliphatic rings. The lowest BCUT2D eigenvalue weighted by atomic mass is 10.0. The number of aryl methyl sites for hydroxylation is 2. The molecular weight excluding hydrogens is 337 g/mol. The van der Waals surface area contributed by atoms with Crippen LogP contribution in [0.4, 0.5) is 13.2 Å². The number of aliphatic hydroxyl groups excluding tert-OH is 1. The Morgan fingerprint density at radius 2 is 1.88 bits per heavy atom. The van der Waals surface area contributed by atoms with Gasteiger partial charge in [0.25, 0.3) is 0 Å². The first kappa shape index (κ1) is 21.2. The fourth-order valence-corrected chi connectivity index (χ4v) is 2.50. The predicted octanol–water partition coefficient (Wildman–Crippen LogP) is 2.16. The van der Waals surface area contributed by atoms with Crippen LogP contribution in [0, 0.1) is 19.8 Å². The van der Waals surface area contributed by atoms with E-state index in [0.717, 1.165) is 5.56 Å². The third-order valence-electron chi connectivity index (χ3n) is 3.80. The average Bonchev–Trinajstić information content (AvgIpc) is 2.50. The largest absolute Gasteiger partial charge is 0.484 e. The fourth-order valence-electron chi connectivity index (χ4n) is 2.50. The molecule has 0 aromatic heterocycles. The van der Waals surface area contributed by atoms with Crippen LogP contribution in [-0.2, 0) is 11.3 Å². The molecular formula is C17H25F3N2O3. The Bertz CT molecular complexity index is 564. The molecule has 0 radical (unpaired) electrons. The molecule has 0 unspecified atom stereocenters. The lowest BCUT2D eigenvalue weighted by Crippen LogP contribution is -2.31. The van der Waals surface area contributed by atoms with Gasteiger partial charge in [0.15, 0.2) is 6.61 Å². The normalized spacial score (nSPS) is 12.8. The molecule has 1 atom stereocenters. The van der Waals surface area contributed by atoms with Crippen molar-refractivity contribution in [2.75, 3.05) is 26.8 Å². The van der Waals surface area contributed by atoms with Gasteiger partial charge in [0.1, 0.15) is 5.75 Å². The van der Waals surface area contributed by atoms with Gasteiger partial charge in [0, 0.05) is 32.5 Å². The molecule has 8 heteroatoms. The number of hydrogen-bond acceptors (Lipinski definition) is 4. The molecule has 1 aromatic rings. The van der Waals surface area contributed by atoms with E-state index in [2.05, 4.69) is 0 Å². The minimum atomic E-state index is -4.39. The second-order valence-electron chi connectivity index (χ2n) is 6.20. The van der Waals surface area contributed by atoms with E-state index in [1.165, 1.54) is 4.90 Å². The number of rotatable bonds is 8. The van der Waals surface area contributed by atoms with Crippen LogP contribution in [0.3, 0.4) is 0 Å². The summed E-state index contributed by atoms with van der Waals surface area (Å²) in [6.45, 7) is 2.37. The van der Waals surface area contributed by atoms with Crippen molar-refractivity contribution in [2.24, 2.45) is 11.7 Å². The van der Waals surface area contributed by atoms with E-state index in [4.69, 9.17) is 15.6 Å². The minimum absolute atomic E-state index is 0.147. The highest BCUT2D eigenvalue weighted by Gasteiger charge is 2.29. The predicted molar refractivity (Wildman–Crippen MR) is 88.2 cm³/mol. The van der Waals surface area contributed by atoms with Crippen LogP contribution in [0.5, 0.6) is 5.75 Å². The van der Waals surface area contributed by atoms with Crippen molar-refractivity contribution in [1.82, 2.24) is 4.90 Å². The maximum Gasteiger partial charge on any atom is 0.422 e. The van der Waals surface area contributed by atoms with Crippen LogP contribution in [0.2, 0.25) is 0 Å². The molecule has 1 amide bonds.